The van der Waals surface area contributed by atoms with E-state index in [0.717, 1.165) is 0 Å². The largest absolute Gasteiger partial charge is 0.388 e. The van der Waals surface area contributed by atoms with E-state index < -0.39 is 17.7 Å². The molecule has 1 fully saturated rings. The van der Waals surface area contributed by atoms with Crippen molar-refractivity contribution in [2.24, 2.45) is 11.7 Å². The summed E-state index contributed by atoms with van der Waals surface area (Å²) in [6.07, 6.45) is 1.10. The highest BCUT2D eigenvalue weighted by atomic mass is 16.3. The third-order valence-electron chi connectivity index (χ3n) is 3.09. The number of hydrogen-bond acceptors (Lipinski definition) is 3. The van der Waals surface area contributed by atoms with Crippen molar-refractivity contribution in [2.45, 2.75) is 45.3 Å². The highest BCUT2D eigenvalue weighted by molar-refractivity contribution is 5.86. The maximum Gasteiger partial charge on any atom is 0.312 e. The molecule has 4 N–H and O–H groups in total. The van der Waals surface area contributed by atoms with Crippen LogP contribution < -0.4 is 11.1 Å². The maximum atomic E-state index is 12.2. The molecule has 2 atom stereocenters. The van der Waals surface area contributed by atoms with Gasteiger partial charge < -0.3 is 21.1 Å². The molecule has 1 saturated heterocycles. The molecule has 0 bridgehead atoms. The Labute approximate surface area is 108 Å². The normalized spacial score (nSPS) is 25.3. The van der Waals surface area contributed by atoms with Gasteiger partial charge in [0.2, 0.25) is 5.91 Å². The number of aliphatic hydroxyl groups is 1. The van der Waals surface area contributed by atoms with Crippen molar-refractivity contribution >= 4 is 11.9 Å². The molecule has 6 heteroatoms. The number of primary amides is 1. The molecule has 6 nitrogen and oxygen atoms in total. The molecule has 104 valence electrons. The Balaban J connectivity index is 2.67. The predicted molar refractivity (Wildman–Crippen MR) is 67.8 cm³/mol. The lowest BCUT2D eigenvalue weighted by atomic mass is 10.0. The smallest absolute Gasteiger partial charge is 0.312 e. The number of nitrogens with two attached hydrogens (primary N) is 1. The molecule has 1 rings (SSSR count). The minimum Gasteiger partial charge on any atom is -0.388 e. The van der Waals surface area contributed by atoms with Gasteiger partial charge in [-0.15, -0.1) is 0 Å². The van der Waals surface area contributed by atoms with E-state index in [4.69, 9.17) is 5.73 Å². The van der Waals surface area contributed by atoms with Crippen molar-refractivity contribution in [3.8, 4) is 0 Å². The van der Waals surface area contributed by atoms with Gasteiger partial charge in [-0.25, -0.2) is 4.79 Å². The average Bonchev–Trinajstić information content (AvgIpc) is 2.55. The molecule has 0 aromatic carbocycles. The van der Waals surface area contributed by atoms with Crippen molar-refractivity contribution in [1.29, 1.82) is 0 Å². The van der Waals surface area contributed by atoms with E-state index in [1.165, 1.54) is 0 Å². The first-order valence-electron chi connectivity index (χ1n) is 6.28. The number of amides is 3. The molecule has 1 aliphatic rings. The van der Waals surface area contributed by atoms with Crippen LogP contribution in [0.4, 0.5) is 4.79 Å². The Morgan fingerprint density at radius 1 is 1.50 bits per heavy atom. The summed E-state index contributed by atoms with van der Waals surface area (Å²) in [5.74, 6) is 0.106. The zero-order valence-electron chi connectivity index (χ0n) is 11.3. The van der Waals surface area contributed by atoms with Gasteiger partial charge in [0.05, 0.1) is 5.60 Å². The number of carbonyl (C=O) groups excluding carboxylic acids is 2. The molecule has 0 aromatic rings. The van der Waals surface area contributed by atoms with Crippen LogP contribution in [0.15, 0.2) is 0 Å². The lowest BCUT2D eigenvalue weighted by Gasteiger charge is -2.25. The molecular weight excluding hydrogens is 234 g/mol. The summed E-state index contributed by atoms with van der Waals surface area (Å²) in [6, 6.07) is -1.30. The van der Waals surface area contributed by atoms with Gasteiger partial charge in [0.15, 0.2) is 0 Å². The summed E-state index contributed by atoms with van der Waals surface area (Å²) in [5, 5.41) is 12.3. The van der Waals surface area contributed by atoms with E-state index in [9.17, 15) is 14.7 Å². The monoisotopic (exact) mass is 257 g/mol. The molecule has 0 radical (unpaired) electrons. The average molecular weight is 257 g/mol. The second kappa shape index (κ2) is 5.56. The molecule has 1 aliphatic heterocycles. The number of β-amino-alcohol motifs (C(OH)–C–C–N with tert-alkyl or cyclic N) is 1. The number of nitrogens with zero attached hydrogens (tertiary/aromatic N) is 1. The van der Waals surface area contributed by atoms with Crippen molar-refractivity contribution in [3.63, 3.8) is 0 Å². The molecule has 0 aliphatic carbocycles. The highest BCUT2D eigenvalue weighted by Crippen LogP contribution is 2.21. The van der Waals surface area contributed by atoms with E-state index in [1.807, 2.05) is 13.8 Å². The fourth-order valence-corrected chi connectivity index (χ4v) is 2.22. The molecule has 2 unspecified atom stereocenters. The van der Waals surface area contributed by atoms with E-state index in [1.54, 1.807) is 11.8 Å². The second-order valence-electron chi connectivity index (χ2n) is 5.70. The van der Waals surface area contributed by atoms with Crippen molar-refractivity contribution < 1.29 is 14.7 Å². The molecule has 18 heavy (non-hydrogen) atoms. The number of likely N-dealkylation sites (tertiary alicyclic amines) is 1. The minimum atomic E-state index is -0.829. The van der Waals surface area contributed by atoms with Gasteiger partial charge in [0.25, 0.3) is 0 Å². The van der Waals surface area contributed by atoms with Crippen LogP contribution in [-0.4, -0.2) is 46.7 Å². The Kier molecular flexibility index (Phi) is 4.56. The van der Waals surface area contributed by atoms with Crippen molar-refractivity contribution in [3.05, 3.63) is 0 Å². The zero-order chi connectivity index (χ0) is 13.9. The Morgan fingerprint density at radius 3 is 2.50 bits per heavy atom. The van der Waals surface area contributed by atoms with Gasteiger partial charge in [-0.3, -0.25) is 4.79 Å². The van der Waals surface area contributed by atoms with Crippen LogP contribution in [0.25, 0.3) is 0 Å². The fraction of sp³-hybridized carbons (Fsp3) is 0.833. The summed E-state index contributed by atoms with van der Waals surface area (Å²) >= 11 is 0. The Morgan fingerprint density at radius 2 is 2.11 bits per heavy atom. The van der Waals surface area contributed by atoms with Crippen LogP contribution in [0.2, 0.25) is 0 Å². The number of rotatable bonds is 4. The number of carbonyl (C=O) groups is 2. The standard InChI is InChI=1S/C12H23N3O3/c1-8(2)6-9(14-11(13)17)10(16)15-5-4-12(3,18)7-15/h8-9,18H,4-7H2,1-3H3,(H3,13,14,17). The highest BCUT2D eigenvalue weighted by Gasteiger charge is 2.36. The minimum absolute atomic E-state index is 0.166. The van der Waals surface area contributed by atoms with Crippen LogP contribution in [0, 0.1) is 5.92 Å². The molecule has 0 aromatic heterocycles. The van der Waals surface area contributed by atoms with E-state index in [0.29, 0.717) is 25.9 Å². The van der Waals surface area contributed by atoms with Gasteiger partial charge in [-0.1, -0.05) is 13.8 Å². The SMILES string of the molecule is CC(C)CC(NC(N)=O)C(=O)N1CCC(C)(O)C1. The van der Waals surface area contributed by atoms with E-state index in [-0.39, 0.29) is 11.8 Å². The Hall–Kier alpha value is -1.30. The predicted octanol–water partition coefficient (Wildman–Crippen LogP) is 0.0527. The number of hydrogen-bond donors (Lipinski definition) is 3. The number of nitrogens with one attached hydrogen (secondary N) is 1. The first kappa shape index (κ1) is 14.8. The first-order chi connectivity index (χ1) is 8.21. The van der Waals surface area contributed by atoms with Crippen LogP contribution in [0.1, 0.15) is 33.6 Å². The van der Waals surface area contributed by atoms with Gasteiger partial charge in [0.1, 0.15) is 6.04 Å². The summed E-state index contributed by atoms with van der Waals surface area (Å²) in [4.78, 5) is 24.8. The first-order valence-corrected chi connectivity index (χ1v) is 6.28. The van der Waals surface area contributed by atoms with Crippen LogP contribution in [0.3, 0.4) is 0 Å². The van der Waals surface area contributed by atoms with Gasteiger partial charge in [-0.05, 0) is 25.7 Å². The van der Waals surface area contributed by atoms with E-state index in [2.05, 4.69) is 5.32 Å². The summed E-state index contributed by atoms with van der Waals surface area (Å²) < 4.78 is 0. The molecule has 1 heterocycles. The van der Waals surface area contributed by atoms with Crippen molar-refractivity contribution in [2.75, 3.05) is 13.1 Å². The van der Waals surface area contributed by atoms with Crippen LogP contribution >= 0.6 is 0 Å². The summed E-state index contributed by atoms with van der Waals surface area (Å²) in [7, 11) is 0. The molecule has 0 spiro atoms. The lowest BCUT2D eigenvalue weighted by Crippen LogP contribution is -2.50. The summed E-state index contributed by atoms with van der Waals surface area (Å²) in [6.45, 7) is 6.48. The van der Waals surface area contributed by atoms with Gasteiger partial charge >= 0.3 is 6.03 Å². The maximum absolute atomic E-state index is 12.2. The molecule has 0 saturated carbocycles. The lowest BCUT2D eigenvalue weighted by molar-refractivity contribution is -0.133. The quantitative estimate of drug-likeness (QED) is 0.664. The molecule has 3 amide bonds. The van der Waals surface area contributed by atoms with Crippen LogP contribution in [0.5, 0.6) is 0 Å². The second-order valence-corrected chi connectivity index (χ2v) is 5.70. The topological polar surface area (TPSA) is 95.7 Å². The third kappa shape index (κ3) is 4.18. The van der Waals surface area contributed by atoms with Gasteiger partial charge in [0, 0.05) is 13.1 Å². The third-order valence-corrected chi connectivity index (χ3v) is 3.09. The fourth-order valence-electron chi connectivity index (χ4n) is 2.22. The Bertz CT molecular complexity index is 329. The zero-order valence-corrected chi connectivity index (χ0v) is 11.3. The van der Waals surface area contributed by atoms with Gasteiger partial charge in [-0.2, -0.15) is 0 Å². The summed E-state index contributed by atoms with van der Waals surface area (Å²) in [5.41, 5.74) is 4.26. The number of urea groups is 1. The molecular formula is C12H23N3O3. The van der Waals surface area contributed by atoms with Crippen molar-refractivity contribution in [1.82, 2.24) is 10.2 Å². The van der Waals surface area contributed by atoms with Crippen LogP contribution in [-0.2, 0) is 4.79 Å². The van der Waals surface area contributed by atoms with E-state index >= 15 is 0 Å².